The summed E-state index contributed by atoms with van der Waals surface area (Å²) in [5, 5.41) is 7.69. The van der Waals surface area contributed by atoms with Crippen LogP contribution in [-0.2, 0) is 0 Å². The number of hydrogen-bond donors (Lipinski definition) is 2. The number of rotatable bonds is 13. The maximum atomic E-state index is 6.06. The number of thiocarbonyl (C=S) groups is 2. The van der Waals surface area contributed by atoms with Crippen molar-refractivity contribution in [2.45, 2.75) is 12.1 Å². The molecule has 48 heavy (non-hydrogen) atoms. The van der Waals surface area contributed by atoms with Crippen LogP contribution in [0.15, 0.2) is 84.9 Å². The van der Waals surface area contributed by atoms with Crippen molar-refractivity contribution in [3.8, 4) is 34.5 Å². The quantitative estimate of drug-likeness (QED) is 0.140. The molecule has 10 nitrogen and oxygen atoms in total. The summed E-state index contributed by atoms with van der Waals surface area (Å²) >= 11 is 12.1. The van der Waals surface area contributed by atoms with Crippen LogP contribution in [-0.4, -0.2) is 76.8 Å². The second kappa shape index (κ2) is 16.8. The number of likely N-dealkylation sites (N-methyl/N-ethyl adjacent to an activating group) is 2. The minimum absolute atomic E-state index is 0.305. The summed E-state index contributed by atoms with van der Waals surface area (Å²) in [5.41, 5.74) is 3.42. The molecule has 12 heteroatoms. The highest BCUT2D eigenvalue weighted by molar-refractivity contribution is 7.80. The Labute approximate surface area is 293 Å². The zero-order valence-corrected chi connectivity index (χ0v) is 30.0. The number of methoxy groups -OCH3 is 6. The number of benzene rings is 4. The van der Waals surface area contributed by atoms with Gasteiger partial charge in [0.05, 0.1) is 54.7 Å². The predicted octanol–water partition coefficient (Wildman–Crippen LogP) is 7.18. The Morgan fingerprint density at radius 1 is 0.500 bits per heavy atom. The largest absolute Gasteiger partial charge is 0.493 e. The van der Waals surface area contributed by atoms with Gasteiger partial charge in [-0.3, -0.25) is 0 Å². The molecule has 0 bridgehead atoms. The van der Waals surface area contributed by atoms with Gasteiger partial charge in [0.25, 0.3) is 0 Å². The van der Waals surface area contributed by atoms with Crippen LogP contribution in [0.4, 0.5) is 11.4 Å². The van der Waals surface area contributed by atoms with E-state index in [-0.39, 0.29) is 12.1 Å². The molecule has 0 saturated heterocycles. The van der Waals surface area contributed by atoms with Crippen molar-refractivity contribution in [1.82, 2.24) is 9.80 Å². The van der Waals surface area contributed by atoms with Gasteiger partial charge in [0.15, 0.2) is 33.2 Å². The van der Waals surface area contributed by atoms with Crippen LogP contribution in [0.2, 0.25) is 0 Å². The first-order valence-electron chi connectivity index (χ1n) is 15.0. The van der Waals surface area contributed by atoms with Crippen LogP contribution in [0, 0.1) is 0 Å². The first kappa shape index (κ1) is 35.9. The average molecular weight is 691 g/mol. The predicted molar refractivity (Wildman–Crippen MR) is 199 cm³/mol. The Balaban J connectivity index is 1.75. The molecule has 0 aromatic heterocycles. The summed E-state index contributed by atoms with van der Waals surface area (Å²) in [4.78, 5) is 4.06. The van der Waals surface area contributed by atoms with Gasteiger partial charge in [0, 0.05) is 49.7 Å². The standard InChI is InChI=1S/C36H42N4O6S2/c1-39(35(47)37-25-19-27(41-3)33(45-7)28(20-25)42-4)31(23-15-11-9-12-16-23)32(24-17-13-10-14-18-24)40(2)36(48)38-26-21-29(43-5)34(46-8)30(22-26)44-6/h9-22,31-32H,1-8H3,(H,37,47)(H,38,48)/t31-,32-/m1/s1. The molecule has 4 aromatic carbocycles. The molecule has 0 saturated carbocycles. The van der Waals surface area contributed by atoms with E-state index in [1.54, 1.807) is 42.7 Å². The van der Waals surface area contributed by atoms with Crippen LogP contribution < -0.4 is 39.1 Å². The fraction of sp³-hybridized carbons (Fsp3) is 0.278. The van der Waals surface area contributed by atoms with E-state index >= 15 is 0 Å². The number of ether oxygens (including phenoxy) is 6. The van der Waals surface area contributed by atoms with E-state index in [9.17, 15) is 0 Å². The summed E-state index contributed by atoms with van der Waals surface area (Å²) in [6.07, 6.45) is 0. The Bertz CT molecular complexity index is 1520. The van der Waals surface area contributed by atoms with Crippen molar-refractivity contribution in [3.05, 3.63) is 96.1 Å². The molecule has 4 aromatic rings. The van der Waals surface area contributed by atoms with Crippen LogP contribution >= 0.6 is 24.4 Å². The van der Waals surface area contributed by atoms with E-state index in [4.69, 9.17) is 52.9 Å². The fourth-order valence-corrected chi connectivity index (χ4v) is 5.98. The zero-order valence-electron chi connectivity index (χ0n) is 28.4. The lowest BCUT2D eigenvalue weighted by Gasteiger charge is -2.42. The normalized spacial score (nSPS) is 11.8. The molecule has 2 N–H and O–H groups in total. The molecule has 0 amide bonds. The zero-order chi connectivity index (χ0) is 34.8. The van der Waals surface area contributed by atoms with Gasteiger partial charge >= 0.3 is 0 Å². The third kappa shape index (κ3) is 7.95. The number of anilines is 2. The molecular weight excluding hydrogens is 649 g/mol. The maximum Gasteiger partial charge on any atom is 0.203 e. The Morgan fingerprint density at radius 2 is 0.792 bits per heavy atom. The smallest absolute Gasteiger partial charge is 0.203 e. The molecule has 4 rings (SSSR count). The molecular formula is C36H42N4O6S2. The van der Waals surface area contributed by atoms with E-state index in [0.29, 0.717) is 56.1 Å². The summed E-state index contributed by atoms with van der Waals surface area (Å²) in [5.74, 6) is 3.02. The monoisotopic (exact) mass is 690 g/mol. The highest BCUT2D eigenvalue weighted by Gasteiger charge is 2.34. The molecule has 0 unspecified atom stereocenters. The molecule has 2 atom stereocenters. The highest BCUT2D eigenvalue weighted by Crippen LogP contribution is 2.43. The van der Waals surface area contributed by atoms with Crippen molar-refractivity contribution in [2.24, 2.45) is 0 Å². The molecule has 0 aliphatic heterocycles. The average Bonchev–Trinajstić information content (AvgIpc) is 3.12. The second-order valence-corrected chi connectivity index (χ2v) is 11.4. The molecule has 0 aliphatic rings. The molecule has 0 fully saturated rings. The van der Waals surface area contributed by atoms with Gasteiger partial charge in [-0.15, -0.1) is 0 Å². The third-order valence-corrected chi connectivity index (χ3v) is 8.67. The highest BCUT2D eigenvalue weighted by atomic mass is 32.1. The van der Waals surface area contributed by atoms with Crippen molar-refractivity contribution in [3.63, 3.8) is 0 Å². The van der Waals surface area contributed by atoms with Gasteiger partial charge in [0.1, 0.15) is 0 Å². The minimum atomic E-state index is -0.305. The van der Waals surface area contributed by atoms with E-state index in [1.807, 2.05) is 84.6 Å². The Hall–Kier alpha value is -4.94. The molecule has 0 radical (unpaired) electrons. The second-order valence-electron chi connectivity index (χ2n) is 10.6. The van der Waals surface area contributed by atoms with Crippen molar-refractivity contribution in [1.29, 1.82) is 0 Å². The van der Waals surface area contributed by atoms with Crippen molar-refractivity contribution >= 4 is 46.0 Å². The van der Waals surface area contributed by atoms with E-state index < -0.39 is 0 Å². The van der Waals surface area contributed by atoms with Gasteiger partial charge in [-0.2, -0.15) is 0 Å². The molecule has 0 heterocycles. The lowest BCUT2D eigenvalue weighted by Crippen LogP contribution is -2.45. The van der Waals surface area contributed by atoms with Crippen molar-refractivity contribution < 1.29 is 28.4 Å². The first-order valence-corrected chi connectivity index (χ1v) is 15.8. The van der Waals surface area contributed by atoms with Gasteiger partial charge in [-0.05, 0) is 35.6 Å². The van der Waals surface area contributed by atoms with Gasteiger partial charge in [-0.1, -0.05) is 60.7 Å². The minimum Gasteiger partial charge on any atom is -0.493 e. The van der Waals surface area contributed by atoms with E-state index in [2.05, 4.69) is 34.9 Å². The number of nitrogens with one attached hydrogen (secondary N) is 2. The van der Waals surface area contributed by atoms with Crippen LogP contribution in [0.5, 0.6) is 34.5 Å². The van der Waals surface area contributed by atoms with Gasteiger partial charge in [-0.25, -0.2) is 0 Å². The maximum absolute atomic E-state index is 6.06. The van der Waals surface area contributed by atoms with Gasteiger partial charge in [0.2, 0.25) is 11.5 Å². The lowest BCUT2D eigenvalue weighted by molar-refractivity contribution is 0.221. The fourth-order valence-electron chi connectivity index (χ4n) is 5.52. The van der Waals surface area contributed by atoms with E-state index in [1.165, 1.54) is 0 Å². The number of nitrogens with zero attached hydrogens (tertiary/aromatic N) is 2. The van der Waals surface area contributed by atoms with Crippen molar-refractivity contribution in [2.75, 3.05) is 67.4 Å². The summed E-state index contributed by atoms with van der Waals surface area (Å²) < 4.78 is 33.3. The Morgan fingerprint density at radius 3 is 1.04 bits per heavy atom. The first-order chi connectivity index (χ1) is 23.2. The summed E-state index contributed by atoms with van der Waals surface area (Å²) in [6.45, 7) is 0. The molecule has 0 aliphatic carbocycles. The van der Waals surface area contributed by atoms with Crippen LogP contribution in [0.3, 0.4) is 0 Å². The Kier molecular flexibility index (Phi) is 12.5. The SMILES string of the molecule is COc1cc(NC(=S)N(C)[C@H](c2ccccc2)[C@@H](c2ccccc2)N(C)C(=S)Nc2cc(OC)c(OC)c(OC)c2)cc(OC)c1OC. The lowest BCUT2D eigenvalue weighted by atomic mass is 9.91. The summed E-state index contributed by atoms with van der Waals surface area (Å²) in [6, 6.07) is 27.0. The van der Waals surface area contributed by atoms with Gasteiger partial charge < -0.3 is 48.9 Å². The van der Waals surface area contributed by atoms with Crippen LogP contribution in [0.25, 0.3) is 0 Å². The molecule has 254 valence electrons. The third-order valence-electron chi connectivity index (χ3n) is 7.89. The summed E-state index contributed by atoms with van der Waals surface area (Å²) in [7, 11) is 13.4. The number of hydrogen-bond acceptors (Lipinski definition) is 8. The van der Waals surface area contributed by atoms with Crippen LogP contribution in [0.1, 0.15) is 23.2 Å². The van der Waals surface area contributed by atoms with E-state index in [0.717, 1.165) is 11.1 Å². The molecule has 0 spiro atoms. The topological polar surface area (TPSA) is 85.9 Å².